The van der Waals surface area contributed by atoms with E-state index in [1.54, 1.807) is 0 Å². The van der Waals surface area contributed by atoms with Crippen LogP contribution in [-0.2, 0) is 4.79 Å². The highest BCUT2D eigenvalue weighted by Gasteiger charge is 2.15. The minimum Gasteiger partial charge on any atom is -0.457 e. The molecule has 1 amide bonds. The van der Waals surface area contributed by atoms with Gasteiger partial charge in [0, 0.05) is 31.7 Å². The molecule has 0 unspecified atom stereocenters. The standard InChI is InChI=1S/C20H24N2O2/c23-20(22-15-5-2-6-16-22)13-14-21-17-9-11-19(12-10-17)24-18-7-3-1-4-8-18/h1,3-4,7-12,21H,2,5-6,13-16H2. The highest BCUT2D eigenvalue weighted by molar-refractivity contribution is 5.76. The van der Waals surface area contributed by atoms with Crippen molar-refractivity contribution in [3.63, 3.8) is 0 Å². The van der Waals surface area contributed by atoms with E-state index in [2.05, 4.69) is 5.32 Å². The molecule has 1 aliphatic heterocycles. The number of anilines is 1. The quantitative estimate of drug-likeness (QED) is 0.861. The molecular weight excluding hydrogens is 300 g/mol. The van der Waals surface area contributed by atoms with Crippen molar-refractivity contribution in [2.45, 2.75) is 25.7 Å². The molecule has 0 spiro atoms. The van der Waals surface area contributed by atoms with Gasteiger partial charge in [-0.3, -0.25) is 4.79 Å². The lowest BCUT2D eigenvalue weighted by Gasteiger charge is -2.26. The van der Waals surface area contributed by atoms with Crippen LogP contribution in [0.4, 0.5) is 5.69 Å². The monoisotopic (exact) mass is 324 g/mol. The summed E-state index contributed by atoms with van der Waals surface area (Å²) in [6, 6.07) is 17.5. The van der Waals surface area contributed by atoms with Crippen molar-refractivity contribution < 1.29 is 9.53 Å². The Hall–Kier alpha value is -2.49. The smallest absolute Gasteiger partial charge is 0.224 e. The van der Waals surface area contributed by atoms with Gasteiger partial charge < -0.3 is 15.0 Å². The molecule has 2 aromatic rings. The van der Waals surface area contributed by atoms with Gasteiger partial charge in [0.2, 0.25) is 5.91 Å². The summed E-state index contributed by atoms with van der Waals surface area (Å²) in [5, 5.41) is 3.30. The average molecular weight is 324 g/mol. The zero-order valence-electron chi connectivity index (χ0n) is 13.9. The molecule has 3 rings (SSSR count). The van der Waals surface area contributed by atoms with Gasteiger partial charge in [0.1, 0.15) is 11.5 Å². The van der Waals surface area contributed by atoms with Crippen LogP contribution in [0, 0.1) is 0 Å². The summed E-state index contributed by atoms with van der Waals surface area (Å²) in [6.07, 6.45) is 4.08. The van der Waals surface area contributed by atoms with E-state index in [-0.39, 0.29) is 5.91 Å². The Morgan fingerprint density at radius 1 is 0.917 bits per heavy atom. The second kappa shape index (κ2) is 8.39. The first-order valence-electron chi connectivity index (χ1n) is 8.66. The molecule has 0 saturated carbocycles. The van der Waals surface area contributed by atoms with Gasteiger partial charge in [-0.05, 0) is 55.7 Å². The lowest BCUT2D eigenvalue weighted by molar-refractivity contribution is -0.131. The fourth-order valence-corrected chi connectivity index (χ4v) is 2.88. The molecule has 126 valence electrons. The Morgan fingerprint density at radius 3 is 2.29 bits per heavy atom. The fourth-order valence-electron chi connectivity index (χ4n) is 2.88. The summed E-state index contributed by atoms with van der Waals surface area (Å²) in [4.78, 5) is 14.1. The zero-order valence-corrected chi connectivity index (χ0v) is 13.9. The molecule has 4 nitrogen and oxygen atoms in total. The van der Waals surface area contributed by atoms with Crippen LogP contribution in [0.15, 0.2) is 54.6 Å². The Labute approximate surface area is 143 Å². The van der Waals surface area contributed by atoms with E-state index in [0.717, 1.165) is 43.1 Å². The minimum absolute atomic E-state index is 0.256. The Balaban J connectivity index is 1.43. The number of benzene rings is 2. The third kappa shape index (κ3) is 4.75. The highest BCUT2D eigenvalue weighted by atomic mass is 16.5. The van der Waals surface area contributed by atoms with Crippen LogP contribution < -0.4 is 10.1 Å². The van der Waals surface area contributed by atoms with E-state index in [4.69, 9.17) is 4.74 Å². The van der Waals surface area contributed by atoms with Crippen LogP contribution in [0.2, 0.25) is 0 Å². The number of hydrogen-bond acceptors (Lipinski definition) is 3. The molecule has 0 radical (unpaired) electrons. The second-order valence-electron chi connectivity index (χ2n) is 6.06. The van der Waals surface area contributed by atoms with Gasteiger partial charge in [0.15, 0.2) is 0 Å². The number of carbonyl (C=O) groups is 1. The number of para-hydroxylation sites is 1. The predicted molar refractivity (Wildman–Crippen MR) is 96.5 cm³/mol. The maximum Gasteiger partial charge on any atom is 0.224 e. The molecule has 1 fully saturated rings. The topological polar surface area (TPSA) is 41.6 Å². The van der Waals surface area contributed by atoms with E-state index in [0.29, 0.717) is 13.0 Å². The molecule has 1 saturated heterocycles. The van der Waals surface area contributed by atoms with Gasteiger partial charge in [-0.15, -0.1) is 0 Å². The number of rotatable bonds is 6. The number of amides is 1. The summed E-state index contributed by atoms with van der Waals surface area (Å²) in [5.41, 5.74) is 1.00. The van der Waals surface area contributed by atoms with Crippen LogP contribution >= 0.6 is 0 Å². The summed E-state index contributed by atoms with van der Waals surface area (Å²) in [7, 11) is 0. The van der Waals surface area contributed by atoms with E-state index in [1.165, 1.54) is 6.42 Å². The van der Waals surface area contributed by atoms with Crippen molar-refractivity contribution in [2.75, 3.05) is 25.0 Å². The molecule has 1 aliphatic rings. The number of carbonyl (C=O) groups excluding carboxylic acids is 1. The maximum atomic E-state index is 12.1. The van der Waals surface area contributed by atoms with Crippen molar-refractivity contribution in [3.05, 3.63) is 54.6 Å². The normalized spacial score (nSPS) is 14.2. The molecule has 2 aromatic carbocycles. The summed E-state index contributed by atoms with van der Waals surface area (Å²) in [6.45, 7) is 2.50. The summed E-state index contributed by atoms with van der Waals surface area (Å²) in [5.74, 6) is 1.88. The lowest BCUT2D eigenvalue weighted by atomic mass is 10.1. The van der Waals surface area contributed by atoms with Crippen LogP contribution in [-0.4, -0.2) is 30.4 Å². The van der Waals surface area contributed by atoms with Crippen molar-refractivity contribution >= 4 is 11.6 Å². The fraction of sp³-hybridized carbons (Fsp3) is 0.350. The summed E-state index contributed by atoms with van der Waals surface area (Å²) < 4.78 is 5.77. The Kier molecular flexibility index (Phi) is 5.72. The largest absolute Gasteiger partial charge is 0.457 e. The lowest BCUT2D eigenvalue weighted by Crippen LogP contribution is -2.36. The molecule has 4 heteroatoms. The zero-order chi connectivity index (χ0) is 16.6. The van der Waals surface area contributed by atoms with Crippen molar-refractivity contribution in [1.82, 2.24) is 4.90 Å². The van der Waals surface area contributed by atoms with Crippen molar-refractivity contribution in [3.8, 4) is 11.5 Å². The van der Waals surface area contributed by atoms with Crippen LogP contribution in [0.25, 0.3) is 0 Å². The number of likely N-dealkylation sites (tertiary alicyclic amines) is 1. The Morgan fingerprint density at radius 2 is 1.58 bits per heavy atom. The first-order valence-corrected chi connectivity index (χ1v) is 8.66. The molecule has 0 atom stereocenters. The molecule has 24 heavy (non-hydrogen) atoms. The van der Waals surface area contributed by atoms with E-state index < -0.39 is 0 Å². The average Bonchev–Trinajstić information content (AvgIpc) is 2.65. The van der Waals surface area contributed by atoms with Crippen molar-refractivity contribution in [2.24, 2.45) is 0 Å². The first kappa shape index (κ1) is 16.4. The van der Waals surface area contributed by atoms with Gasteiger partial charge >= 0.3 is 0 Å². The molecule has 1 heterocycles. The van der Waals surface area contributed by atoms with E-state index in [1.807, 2.05) is 59.5 Å². The third-order valence-electron chi connectivity index (χ3n) is 4.21. The number of nitrogens with zero attached hydrogens (tertiary/aromatic N) is 1. The van der Waals surface area contributed by atoms with Gasteiger partial charge in [0.25, 0.3) is 0 Å². The van der Waals surface area contributed by atoms with Gasteiger partial charge in [-0.25, -0.2) is 0 Å². The summed E-state index contributed by atoms with van der Waals surface area (Å²) >= 11 is 0. The molecule has 0 bridgehead atoms. The number of hydrogen-bond donors (Lipinski definition) is 1. The van der Waals surface area contributed by atoms with Crippen LogP contribution in [0.3, 0.4) is 0 Å². The number of piperidine rings is 1. The highest BCUT2D eigenvalue weighted by Crippen LogP contribution is 2.22. The van der Waals surface area contributed by atoms with Gasteiger partial charge in [0.05, 0.1) is 0 Å². The van der Waals surface area contributed by atoms with Crippen molar-refractivity contribution in [1.29, 1.82) is 0 Å². The van der Waals surface area contributed by atoms with Crippen LogP contribution in [0.5, 0.6) is 11.5 Å². The number of nitrogens with one attached hydrogen (secondary N) is 1. The SMILES string of the molecule is O=C(CCNc1ccc(Oc2ccccc2)cc1)N1CCCCC1. The minimum atomic E-state index is 0.256. The third-order valence-corrected chi connectivity index (χ3v) is 4.21. The molecule has 1 N–H and O–H groups in total. The van der Waals surface area contributed by atoms with Gasteiger partial charge in [-0.1, -0.05) is 18.2 Å². The number of ether oxygens (including phenoxy) is 1. The second-order valence-corrected chi connectivity index (χ2v) is 6.06. The molecule has 0 aromatic heterocycles. The molecule has 0 aliphatic carbocycles. The van der Waals surface area contributed by atoms with E-state index >= 15 is 0 Å². The van der Waals surface area contributed by atoms with E-state index in [9.17, 15) is 4.79 Å². The predicted octanol–water partition coefficient (Wildman–Crippen LogP) is 4.29. The van der Waals surface area contributed by atoms with Gasteiger partial charge in [-0.2, -0.15) is 0 Å². The Bertz CT molecular complexity index is 634. The maximum absolute atomic E-state index is 12.1. The molecular formula is C20H24N2O2. The van der Waals surface area contributed by atoms with Crippen LogP contribution in [0.1, 0.15) is 25.7 Å². The first-order chi connectivity index (χ1) is 11.8.